The van der Waals surface area contributed by atoms with Crippen LogP contribution in [0.3, 0.4) is 0 Å². The average molecular weight is 186 g/mol. The van der Waals surface area contributed by atoms with Crippen LogP contribution in [0, 0.1) is 5.92 Å². The van der Waals surface area contributed by atoms with E-state index in [1.54, 1.807) is 0 Å². The summed E-state index contributed by atoms with van der Waals surface area (Å²) in [7, 11) is 0. The van der Waals surface area contributed by atoms with Crippen LogP contribution in [0.4, 0.5) is 0 Å². The minimum atomic E-state index is 0.601. The Hall–Kier alpha value is -0.120. The minimum absolute atomic E-state index is 0.601. The first kappa shape index (κ1) is 11.0. The number of hydrogen-bond donors (Lipinski definition) is 1. The molecule has 78 valence electrons. The van der Waals surface area contributed by atoms with E-state index in [2.05, 4.69) is 18.7 Å². The van der Waals surface area contributed by atoms with Gasteiger partial charge in [-0.25, -0.2) is 0 Å². The molecule has 0 aromatic heterocycles. The van der Waals surface area contributed by atoms with E-state index in [-0.39, 0.29) is 0 Å². The van der Waals surface area contributed by atoms with Gasteiger partial charge in [0.2, 0.25) is 0 Å². The van der Waals surface area contributed by atoms with Crippen LogP contribution in [-0.4, -0.2) is 43.8 Å². The molecule has 1 atom stereocenters. The van der Waals surface area contributed by atoms with E-state index in [9.17, 15) is 0 Å². The Morgan fingerprint density at radius 1 is 1.54 bits per heavy atom. The third-order valence-corrected chi connectivity index (χ3v) is 2.66. The highest BCUT2D eigenvalue weighted by Crippen LogP contribution is 2.14. The predicted molar refractivity (Wildman–Crippen MR) is 54.7 cm³/mol. The Labute approximate surface area is 81.2 Å². The van der Waals surface area contributed by atoms with Gasteiger partial charge in [-0.05, 0) is 26.2 Å². The van der Waals surface area contributed by atoms with Crippen LogP contribution in [0.25, 0.3) is 0 Å². The van der Waals surface area contributed by atoms with Crippen LogP contribution in [0.15, 0.2) is 0 Å². The van der Waals surface area contributed by atoms with Gasteiger partial charge in [0, 0.05) is 32.3 Å². The van der Waals surface area contributed by atoms with E-state index in [1.807, 2.05) is 0 Å². The van der Waals surface area contributed by atoms with Crippen molar-refractivity contribution in [1.82, 2.24) is 4.90 Å². The quantitative estimate of drug-likeness (QED) is 0.686. The SMILES string of the molecule is CC(C)N(CCN)CC1CCOC1. The van der Waals surface area contributed by atoms with Crippen molar-refractivity contribution in [2.75, 3.05) is 32.8 Å². The lowest BCUT2D eigenvalue weighted by atomic mass is 10.1. The summed E-state index contributed by atoms with van der Waals surface area (Å²) in [5.74, 6) is 0.731. The molecule has 1 rings (SSSR count). The van der Waals surface area contributed by atoms with Gasteiger partial charge in [0.25, 0.3) is 0 Å². The number of hydrogen-bond acceptors (Lipinski definition) is 3. The van der Waals surface area contributed by atoms with E-state index in [0.29, 0.717) is 6.04 Å². The van der Waals surface area contributed by atoms with Crippen molar-refractivity contribution < 1.29 is 4.74 Å². The van der Waals surface area contributed by atoms with Crippen molar-refractivity contribution in [1.29, 1.82) is 0 Å². The molecular formula is C10H22N2O. The molecule has 2 N–H and O–H groups in total. The largest absolute Gasteiger partial charge is 0.381 e. The standard InChI is InChI=1S/C10H22N2O/c1-9(2)12(5-4-11)7-10-3-6-13-8-10/h9-10H,3-8,11H2,1-2H3. The second-order valence-corrected chi connectivity index (χ2v) is 4.11. The monoisotopic (exact) mass is 186 g/mol. The fourth-order valence-corrected chi connectivity index (χ4v) is 1.79. The Bertz CT molecular complexity index is 133. The van der Waals surface area contributed by atoms with Crippen molar-refractivity contribution in [3.63, 3.8) is 0 Å². The number of ether oxygens (including phenoxy) is 1. The summed E-state index contributed by atoms with van der Waals surface area (Å²) in [5.41, 5.74) is 5.57. The summed E-state index contributed by atoms with van der Waals surface area (Å²) in [4.78, 5) is 2.44. The molecule has 0 bridgehead atoms. The smallest absolute Gasteiger partial charge is 0.0507 e. The summed E-state index contributed by atoms with van der Waals surface area (Å²) in [6.07, 6.45) is 1.22. The maximum Gasteiger partial charge on any atom is 0.0507 e. The minimum Gasteiger partial charge on any atom is -0.381 e. The molecule has 0 amide bonds. The van der Waals surface area contributed by atoms with E-state index in [4.69, 9.17) is 10.5 Å². The molecule has 0 saturated carbocycles. The van der Waals surface area contributed by atoms with Gasteiger partial charge in [-0.15, -0.1) is 0 Å². The molecule has 1 aliphatic heterocycles. The van der Waals surface area contributed by atoms with Gasteiger partial charge in [-0.3, -0.25) is 4.90 Å². The van der Waals surface area contributed by atoms with E-state index in [1.165, 1.54) is 6.42 Å². The van der Waals surface area contributed by atoms with Crippen LogP contribution >= 0.6 is 0 Å². The molecule has 3 heteroatoms. The number of nitrogens with zero attached hydrogens (tertiary/aromatic N) is 1. The van der Waals surface area contributed by atoms with E-state index >= 15 is 0 Å². The molecule has 1 aliphatic rings. The van der Waals surface area contributed by atoms with Crippen LogP contribution in [-0.2, 0) is 4.74 Å². The highest BCUT2D eigenvalue weighted by molar-refractivity contribution is 4.72. The third kappa shape index (κ3) is 3.63. The zero-order valence-electron chi connectivity index (χ0n) is 8.83. The Kier molecular flexibility index (Phi) is 4.70. The molecule has 1 saturated heterocycles. The second kappa shape index (κ2) is 5.58. The molecule has 0 radical (unpaired) electrons. The van der Waals surface area contributed by atoms with Crippen LogP contribution < -0.4 is 5.73 Å². The van der Waals surface area contributed by atoms with Gasteiger partial charge >= 0.3 is 0 Å². The maximum atomic E-state index is 5.57. The number of rotatable bonds is 5. The molecule has 0 spiro atoms. The van der Waals surface area contributed by atoms with Gasteiger partial charge < -0.3 is 10.5 Å². The van der Waals surface area contributed by atoms with Crippen LogP contribution in [0.2, 0.25) is 0 Å². The normalized spacial score (nSPS) is 23.3. The summed E-state index contributed by atoms with van der Waals surface area (Å²) in [6.45, 7) is 9.25. The zero-order valence-corrected chi connectivity index (χ0v) is 8.83. The summed E-state index contributed by atoms with van der Waals surface area (Å²) >= 11 is 0. The Balaban J connectivity index is 2.27. The van der Waals surface area contributed by atoms with E-state index < -0.39 is 0 Å². The lowest BCUT2D eigenvalue weighted by Gasteiger charge is -2.28. The molecule has 0 aliphatic carbocycles. The zero-order chi connectivity index (χ0) is 9.68. The molecule has 1 unspecified atom stereocenters. The highest BCUT2D eigenvalue weighted by Gasteiger charge is 2.19. The summed E-state index contributed by atoms with van der Waals surface area (Å²) < 4.78 is 5.36. The first-order chi connectivity index (χ1) is 6.24. The summed E-state index contributed by atoms with van der Waals surface area (Å²) in [5, 5.41) is 0. The van der Waals surface area contributed by atoms with Gasteiger partial charge in [-0.2, -0.15) is 0 Å². The Morgan fingerprint density at radius 2 is 2.31 bits per heavy atom. The first-order valence-corrected chi connectivity index (χ1v) is 5.26. The first-order valence-electron chi connectivity index (χ1n) is 5.26. The van der Waals surface area contributed by atoms with Gasteiger partial charge in [-0.1, -0.05) is 0 Å². The molecule has 1 fully saturated rings. The van der Waals surface area contributed by atoms with Crippen molar-refractivity contribution in [2.45, 2.75) is 26.3 Å². The second-order valence-electron chi connectivity index (χ2n) is 4.11. The molecule has 3 nitrogen and oxygen atoms in total. The molecule has 0 aromatic carbocycles. The molecular weight excluding hydrogens is 164 g/mol. The molecule has 13 heavy (non-hydrogen) atoms. The van der Waals surface area contributed by atoms with Gasteiger partial charge in [0.05, 0.1) is 6.61 Å². The molecule has 1 heterocycles. The lowest BCUT2D eigenvalue weighted by molar-refractivity contribution is 0.155. The third-order valence-electron chi connectivity index (χ3n) is 2.66. The molecule has 0 aromatic rings. The fourth-order valence-electron chi connectivity index (χ4n) is 1.79. The van der Waals surface area contributed by atoms with Crippen LogP contribution in [0.5, 0.6) is 0 Å². The van der Waals surface area contributed by atoms with Crippen molar-refractivity contribution >= 4 is 0 Å². The lowest BCUT2D eigenvalue weighted by Crippen LogP contribution is -2.39. The average Bonchev–Trinajstić information content (AvgIpc) is 2.56. The predicted octanol–water partition coefficient (Wildman–Crippen LogP) is 0.692. The van der Waals surface area contributed by atoms with Gasteiger partial charge in [0.1, 0.15) is 0 Å². The topological polar surface area (TPSA) is 38.5 Å². The van der Waals surface area contributed by atoms with E-state index in [0.717, 1.165) is 38.8 Å². The Morgan fingerprint density at radius 3 is 2.77 bits per heavy atom. The maximum absolute atomic E-state index is 5.57. The summed E-state index contributed by atoms with van der Waals surface area (Å²) in [6, 6.07) is 0.601. The van der Waals surface area contributed by atoms with Crippen LogP contribution in [0.1, 0.15) is 20.3 Å². The van der Waals surface area contributed by atoms with Crippen molar-refractivity contribution in [3.8, 4) is 0 Å². The van der Waals surface area contributed by atoms with Gasteiger partial charge in [0.15, 0.2) is 0 Å². The number of nitrogens with two attached hydrogens (primary N) is 1. The van der Waals surface area contributed by atoms with Crippen molar-refractivity contribution in [3.05, 3.63) is 0 Å². The van der Waals surface area contributed by atoms with Crippen molar-refractivity contribution in [2.24, 2.45) is 11.7 Å². The highest BCUT2D eigenvalue weighted by atomic mass is 16.5. The fraction of sp³-hybridized carbons (Fsp3) is 1.00.